The second-order valence-electron chi connectivity index (χ2n) is 5.90. The van der Waals surface area contributed by atoms with Crippen LogP contribution in [0.2, 0.25) is 0 Å². The Kier molecular flexibility index (Phi) is 5.45. The van der Waals surface area contributed by atoms with Gasteiger partial charge in [-0.05, 0) is 31.0 Å². The zero-order valence-electron chi connectivity index (χ0n) is 14.5. The van der Waals surface area contributed by atoms with Gasteiger partial charge in [0.15, 0.2) is 6.61 Å². The van der Waals surface area contributed by atoms with E-state index in [2.05, 4.69) is 20.2 Å². The molecular formula is C18H22N4O3. The minimum absolute atomic E-state index is 0.0683. The fraction of sp³-hybridized carbons (Fsp3) is 0.389. The fourth-order valence-electron chi connectivity index (χ4n) is 2.58. The van der Waals surface area contributed by atoms with Crippen LogP contribution in [0.25, 0.3) is 0 Å². The maximum atomic E-state index is 12.1. The maximum absolute atomic E-state index is 12.1. The standard InChI is InChI=1S/C18H22N4O3/c1-13-4-3-5-15(14(13)2)25-11-18(23)21-16-10-17(20-12-19-16)22-6-8-24-9-7-22/h3-5,10,12H,6-9,11H2,1-2H3,(H,19,20,21,23). The Labute approximate surface area is 147 Å². The highest BCUT2D eigenvalue weighted by Gasteiger charge is 2.14. The van der Waals surface area contributed by atoms with Gasteiger partial charge in [-0.1, -0.05) is 12.1 Å². The molecule has 0 saturated carbocycles. The largest absolute Gasteiger partial charge is 0.483 e. The summed E-state index contributed by atoms with van der Waals surface area (Å²) in [5.74, 6) is 1.70. The van der Waals surface area contributed by atoms with Crippen LogP contribution in [0.5, 0.6) is 5.75 Å². The summed E-state index contributed by atoms with van der Waals surface area (Å²) in [6.45, 7) is 6.82. The molecule has 0 atom stereocenters. The number of morpholine rings is 1. The predicted octanol–water partition coefficient (Wildman–Crippen LogP) is 1.95. The molecule has 0 unspecified atom stereocenters. The molecule has 1 N–H and O–H groups in total. The van der Waals surface area contributed by atoms with E-state index >= 15 is 0 Å². The van der Waals surface area contributed by atoms with Gasteiger partial charge in [-0.2, -0.15) is 0 Å². The van der Waals surface area contributed by atoms with Crippen molar-refractivity contribution in [2.75, 3.05) is 43.1 Å². The summed E-state index contributed by atoms with van der Waals surface area (Å²) in [6.07, 6.45) is 1.45. The van der Waals surface area contributed by atoms with Crippen LogP contribution in [-0.4, -0.2) is 48.8 Å². The number of benzene rings is 1. The normalized spacial score (nSPS) is 14.2. The van der Waals surface area contributed by atoms with Gasteiger partial charge >= 0.3 is 0 Å². The topological polar surface area (TPSA) is 76.6 Å². The summed E-state index contributed by atoms with van der Waals surface area (Å²) in [4.78, 5) is 22.6. The van der Waals surface area contributed by atoms with E-state index in [0.717, 1.165) is 30.0 Å². The van der Waals surface area contributed by atoms with Gasteiger partial charge in [0.1, 0.15) is 23.7 Å². The third-order valence-corrected chi connectivity index (χ3v) is 4.17. The van der Waals surface area contributed by atoms with E-state index in [1.54, 1.807) is 6.07 Å². The van der Waals surface area contributed by atoms with Crippen molar-refractivity contribution >= 4 is 17.5 Å². The number of hydrogen-bond acceptors (Lipinski definition) is 6. The van der Waals surface area contributed by atoms with Gasteiger partial charge in [-0.15, -0.1) is 0 Å². The van der Waals surface area contributed by atoms with Gasteiger partial charge in [0.05, 0.1) is 13.2 Å². The Bertz CT molecular complexity index is 745. The third-order valence-electron chi connectivity index (χ3n) is 4.17. The Hall–Kier alpha value is -2.67. The van der Waals surface area contributed by atoms with E-state index in [1.165, 1.54) is 6.33 Å². The van der Waals surface area contributed by atoms with E-state index in [0.29, 0.717) is 24.8 Å². The highest BCUT2D eigenvalue weighted by Crippen LogP contribution is 2.20. The van der Waals surface area contributed by atoms with Crippen LogP contribution in [0.3, 0.4) is 0 Å². The Morgan fingerprint density at radius 3 is 2.88 bits per heavy atom. The molecule has 7 nitrogen and oxygen atoms in total. The van der Waals surface area contributed by atoms with E-state index in [9.17, 15) is 4.79 Å². The number of nitrogens with one attached hydrogen (secondary N) is 1. The van der Waals surface area contributed by atoms with Crippen LogP contribution in [0, 0.1) is 13.8 Å². The van der Waals surface area contributed by atoms with E-state index < -0.39 is 0 Å². The lowest BCUT2D eigenvalue weighted by atomic mass is 10.1. The molecule has 0 radical (unpaired) electrons. The molecule has 25 heavy (non-hydrogen) atoms. The number of ether oxygens (including phenoxy) is 2. The molecule has 0 spiro atoms. The van der Waals surface area contributed by atoms with E-state index in [4.69, 9.17) is 9.47 Å². The molecule has 3 rings (SSSR count). The van der Waals surface area contributed by atoms with Crippen LogP contribution >= 0.6 is 0 Å². The summed E-state index contributed by atoms with van der Waals surface area (Å²) < 4.78 is 11.0. The molecule has 1 amide bonds. The minimum Gasteiger partial charge on any atom is -0.483 e. The van der Waals surface area contributed by atoms with Crippen molar-refractivity contribution in [3.05, 3.63) is 41.7 Å². The molecule has 7 heteroatoms. The van der Waals surface area contributed by atoms with Crippen LogP contribution < -0.4 is 15.0 Å². The molecule has 1 fully saturated rings. The molecule has 132 valence electrons. The van der Waals surface area contributed by atoms with Crippen LogP contribution in [-0.2, 0) is 9.53 Å². The molecule has 2 aromatic rings. The van der Waals surface area contributed by atoms with Gasteiger partial charge < -0.3 is 19.7 Å². The SMILES string of the molecule is Cc1cccc(OCC(=O)Nc2cc(N3CCOCC3)ncn2)c1C. The molecule has 2 heterocycles. The van der Waals surface area contributed by atoms with Gasteiger partial charge in [0.2, 0.25) is 0 Å². The Morgan fingerprint density at radius 2 is 2.08 bits per heavy atom. The first-order valence-electron chi connectivity index (χ1n) is 8.27. The van der Waals surface area contributed by atoms with Crippen molar-refractivity contribution in [2.24, 2.45) is 0 Å². The second kappa shape index (κ2) is 7.94. The zero-order chi connectivity index (χ0) is 17.6. The number of carbonyl (C=O) groups is 1. The average molecular weight is 342 g/mol. The molecule has 1 aromatic heterocycles. The number of carbonyl (C=O) groups excluding carboxylic acids is 1. The first kappa shape index (κ1) is 17.2. The minimum atomic E-state index is -0.257. The molecule has 1 aliphatic heterocycles. The Balaban J connectivity index is 1.58. The quantitative estimate of drug-likeness (QED) is 0.895. The maximum Gasteiger partial charge on any atom is 0.263 e. The summed E-state index contributed by atoms with van der Waals surface area (Å²) in [5.41, 5.74) is 2.16. The van der Waals surface area contributed by atoms with Crippen molar-refractivity contribution in [3.63, 3.8) is 0 Å². The van der Waals surface area contributed by atoms with Crippen LogP contribution in [0.15, 0.2) is 30.6 Å². The zero-order valence-corrected chi connectivity index (χ0v) is 14.5. The lowest BCUT2D eigenvalue weighted by Gasteiger charge is -2.27. The number of amides is 1. The number of rotatable bonds is 5. The first-order valence-corrected chi connectivity index (χ1v) is 8.27. The van der Waals surface area contributed by atoms with Gasteiger partial charge in [-0.3, -0.25) is 4.79 Å². The van der Waals surface area contributed by atoms with Crippen molar-refractivity contribution in [1.29, 1.82) is 0 Å². The molecule has 1 saturated heterocycles. The summed E-state index contributed by atoms with van der Waals surface area (Å²) >= 11 is 0. The third kappa shape index (κ3) is 4.45. The Morgan fingerprint density at radius 1 is 1.28 bits per heavy atom. The number of aryl methyl sites for hydroxylation is 1. The monoisotopic (exact) mass is 342 g/mol. The van der Waals surface area contributed by atoms with Crippen molar-refractivity contribution in [3.8, 4) is 5.75 Å². The van der Waals surface area contributed by atoms with Gasteiger partial charge in [0.25, 0.3) is 5.91 Å². The van der Waals surface area contributed by atoms with Crippen molar-refractivity contribution < 1.29 is 14.3 Å². The summed E-state index contributed by atoms with van der Waals surface area (Å²) in [5, 5.41) is 2.75. The summed E-state index contributed by atoms with van der Waals surface area (Å²) in [7, 11) is 0. The van der Waals surface area contributed by atoms with Crippen molar-refractivity contribution in [2.45, 2.75) is 13.8 Å². The lowest BCUT2D eigenvalue weighted by Crippen LogP contribution is -2.36. The van der Waals surface area contributed by atoms with E-state index in [1.807, 2.05) is 32.0 Å². The molecular weight excluding hydrogens is 320 g/mol. The molecule has 1 aliphatic rings. The average Bonchev–Trinajstić information content (AvgIpc) is 2.64. The van der Waals surface area contributed by atoms with Crippen LogP contribution in [0.4, 0.5) is 11.6 Å². The summed E-state index contributed by atoms with van der Waals surface area (Å²) in [6, 6.07) is 7.54. The van der Waals surface area contributed by atoms with Crippen molar-refractivity contribution in [1.82, 2.24) is 9.97 Å². The molecule has 0 bridgehead atoms. The predicted molar refractivity (Wildman–Crippen MR) is 95.1 cm³/mol. The van der Waals surface area contributed by atoms with E-state index in [-0.39, 0.29) is 12.5 Å². The number of nitrogens with zero attached hydrogens (tertiary/aromatic N) is 3. The number of aromatic nitrogens is 2. The first-order chi connectivity index (χ1) is 12.1. The number of hydrogen-bond donors (Lipinski definition) is 1. The lowest BCUT2D eigenvalue weighted by molar-refractivity contribution is -0.118. The molecule has 1 aromatic carbocycles. The van der Waals surface area contributed by atoms with Gasteiger partial charge in [0, 0.05) is 19.2 Å². The van der Waals surface area contributed by atoms with Crippen LogP contribution in [0.1, 0.15) is 11.1 Å². The molecule has 0 aliphatic carbocycles. The van der Waals surface area contributed by atoms with Gasteiger partial charge in [-0.25, -0.2) is 9.97 Å². The highest BCUT2D eigenvalue weighted by molar-refractivity contribution is 5.91. The second-order valence-corrected chi connectivity index (χ2v) is 5.90. The number of anilines is 2. The highest BCUT2D eigenvalue weighted by atomic mass is 16.5. The smallest absolute Gasteiger partial charge is 0.263 e. The fourth-order valence-corrected chi connectivity index (χ4v) is 2.58.